The van der Waals surface area contributed by atoms with E-state index in [0.717, 1.165) is 18.8 Å². The van der Waals surface area contributed by atoms with Crippen LogP contribution in [-0.4, -0.2) is 27.3 Å². The monoisotopic (exact) mass is 253 g/mol. The first-order valence-corrected chi connectivity index (χ1v) is 7.86. The first-order chi connectivity index (χ1) is 8.13. The average molecular weight is 253 g/mol. The molecule has 1 saturated heterocycles. The van der Waals surface area contributed by atoms with Gasteiger partial charge in [-0.05, 0) is 43.5 Å². The lowest BCUT2D eigenvalue weighted by atomic mass is 10.3. The summed E-state index contributed by atoms with van der Waals surface area (Å²) in [6, 6.07) is 7.32. The molecule has 4 heteroatoms. The lowest BCUT2D eigenvalue weighted by Gasteiger charge is -2.17. The third-order valence-corrected chi connectivity index (χ3v) is 5.08. The van der Waals surface area contributed by atoms with E-state index in [9.17, 15) is 8.42 Å². The van der Waals surface area contributed by atoms with Crippen molar-refractivity contribution in [3.8, 4) is 0 Å². The fourth-order valence-corrected chi connectivity index (χ4v) is 3.55. The van der Waals surface area contributed by atoms with Crippen LogP contribution in [0.15, 0.2) is 29.2 Å². The first-order valence-electron chi connectivity index (χ1n) is 6.21. The number of sulfone groups is 1. The second kappa shape index (κ2) is 5.08. The van der Waals surface area contributed by atoms with Crippen molar-refractivity contribution in [1.29, 1.82) is 0 Å². The summed E-state index contributed by atoms with van der Waals surface area (Å²) >= 11 is 0. The van der Waals surface area contributed by atoms with Crippen LogP contribution in [0.3, 0.4) is 0 Å². The van der Waals surface area contributed by atoms with Crippen molar-refractivity contribution >= 4 is 15.5 Å². The summed E-state index contributed by atoms with van der Waals surface area (Å²) in [7, 11) is -3.07. The molecule has 3 nitrogen and oxygen atoms in total. The van der Waals surface area contributed by atoms with Crippen LogP contribution in [0.25, 0.3) is 0 Å². The van der Waals surface area contributed by atoms with Crippen molar-refractivity contribution < 1.29 is 8.42 Å². The minimum absolute atomic E-state index is 0.232. The Morgan fingerprint density at radius 2 is 1.71 bits per heavy atom. The average Bonchev–Trinajstić information content (AvgIpc) is 2.82. The Kier molecular flexibility index (Phi) is 3.72. The van der Waals surface area contributed by atoms with Gasteiger partial charge in [0, 0.05) is 18.8 Å². The van der Waals surface area contributed by atoms with Gasteiger partial charge in [0.05, 0.1) is 10.6 Å². The van der Waals surface area contributed by atoms with Gasteiger partial charge in [0.2, 0.25) is 0 Å². The molecule has 1 aliphatic heterocycles. The molecule has 0 aliphatic carbocycles. The molecule has 1 heterocycles. The van der Waals surface area contributed by atoms with Crippen LogP contribution in [0.1, 0.15) is 26.2 Å². The van der Waals surface area contributed by atoms with Gasteiger partial charge < -0.3 is 4.90 Å². The number of hydrogen-bond donors (Lipinski definition) is 0. The van der Waals surface area contributed by atoms with Gasteiger partial charge in [-0.2, -0.15) is 0 Å². The fourth-order valence-electron chi connectivity index (χ4n) is 2.23. The van der Waals surface area contributed by atoms with E-state index in [4.69, 9.17) is 0 Å². The number of anilines is 1. The molecule has 1 aliphatic rings. The maximum absolute atomic E-state index is 11.9. The van der Waals surface area contributed by atoms with Gasteiger partial charge in [0.25, 0.3) is 0 Å². The second-order valence-corrected chi connectivity index (χ2v) is 6.62. The fraction of sp³-hybridized carbons (Fsp3) is 0.538. The van der Waals surface area contributed by atoms with Gasteiger partial charge in [-0.25, -0.2) is 8.42 Å². The number of rotatable bonds is 4. The molecular weight excluding hydrogens is 234 g/mol. The molecule has 2 rings (SSSR count). The molecule has 1 aromatic carbocycles. The van der Waals surface area contributed by atoms with E-state index in [2.05, 4.69) is 4.90 Å². The van der Waals surface area contributed by atoms with Crippen molar-refractivity contribution in [3.05, 3.63) is 24.3 Å². The molecule has 94 valence electrons. The molecule has 0 N–H and O–H groups in total. The van der Waals surface area contributed by atoms with Gasteiger partial charge in [0.15, 0.2) is 9.84 Å². The Morgan fingerprint density at radius 3 is 2.24 bits per heavy atom. The predicted molar refractivity (Wildman–Crippen MR) is 70.2 cm³/mol. The van der Waals surface area contributed by atoms with Gasteiger partial charge >= 0.3 is 0 Å². The van der Waals surface area contributed by atoms with Crippen molar-refractivity contribution in [2.45, 2.75) is 31.1 Å². The zero-order chi connectivity index (χ0) is 12.3. The van der Waals surface area contributed by atoms with E-state index in [1.54, 1.807) is 12.1 Å². The highest BCUT2D eigenvalue weighted by Crippen LogP contribution is 2.22. The molecule has 0 spiro atoms. The van der Waals surface area contributed by atoms with Gasteiger partial charge in [-0.1, -0.05) is 6.92 Å². The number of nitrogens with zero attached hydrogens (tertiary/aromatic N) is 1. The van der Waals surface area contributed by atoms with E-state index in [0.29, 0.717) is 11.3 Å². The maximum atomic E-state index is 11.9. The van der Waals surface area contributed by atoms with E-state index in [-0.39, 0.29) is 5.75 Å². The molecule has 0 bridgehead atoms. The van der Waals surface area contributed by atoms with E-state index in [1.807, 2.05) is 19.1 Å². The minimum Gasteiger partial charge on any atom is -0.372 e. The highest BCUT2D eigenvalue weighted by molar-refractivity contribution is 7.91. The standard InChI is InChI=1S/C13H19NO2S/c1-2-11-17(15,16)13-7-5-12(6-8-13)14-9-3-4-10-14/h5-8H,2-4,9-11H2,1H3. The van der Waals surface area contributed by atoms with E-state index >= 15 is 0 Å². The van der Waals surface area contributed by atoms with Crippen LogP contribution < -0.4 is 4.90 Å². The Morgan fingerprint density at radius 1 is 1.12 bits per heavy atom. The third kappa shape index (κ3) is 2.80. The Hall–Kier alpha value is -1.03. The van der Waals surface area contributed by atoms with Crippen LogP contribution >= 0.6 is 0 Å². The van der Waals surface area contributed by atoms with E-state index < -0.39 is 9.84 Å². The summed E-state index contributed by atoms with van der Waals surface area (Å²) in [6.45, 7) is 4.05. The summed E-state index contributed by atoms with van der Waals surface area (Å²) in [5.41, 5.74) is 1.14. The maximum Gasteiger partial charge on any atom is 0.178 e. The third-order valence-electron chi connectivity index (χ3n) is 3.14. The van der Waals surface area contributed by atoms with Gasteiger partial charge in [0.1, 0.15) is 0 Å². The van der Waals surface area contributed by atoms with Gasteiger partial charge in [-0.15, -0.1) is 0 Å². The van der Waals surface area contributed by atoms with Crippen LogP contribution in [0.5, 0.6) is 0 Å². The zero-order valence-corrected chi connectivity index (χ0v) is 11.0. The molecule has 0 amide bonds. The SMILES string of the molecule is CCCS(=O)(=O)c1ccc(N2CCCC2)cc1. The quantitative estimate of drug-likeness (QED) is 0.827. The van der Waals surface area contributed by atoms with E-state index in [1.165, 1.54) is 12.8 Å². The molecular formula is C13H19NO2S. The number of hydrogen-bond acceptors (Lipinski definition) is 3. The van der Waals surface area contributed by atoms with Gasteiger partial charge in [-0.3, -0.25) is 0 Å². The highest BCUT2D eigenvalue weighted by Gasteiger charge is 2.15. The molecule has 0 saturated carbocycles. The van der Waals surface area contributed by atoms with Crippen molar-refractivity contribution in [2.24, 2.45) is 0 Å². The molecule has 0 unspecified atom stereocenters. The lowest BCUT2D eigenvalue weighted by molar-refractivity contribution is 0.594. The molecule has 0 atom stereocenters. The zero-order valence-electron chi connectivity index (χ0n) is 10.2. The van der Waals surface area contributed by atoms with Crippen LogP contribution in [0, 0.1) is 0 Å². The molecule has 17 heavy (non-hydrogen) atoms. The smallest absolute Gasteiger partial charge is 0.178 e. The summed E-state index contributed by atoms with van der Waals surface area (Å²) < 4.78 is 23.7. The first kappa shape index (κ1) is 12.4. The second-order valence-electron chi connectivity index (χ2n) is 4.51. The normalized spacial score (nSPS) is 16.4. The van der Waals surface area contributed by atoms with Crippen LogP contribution in [0.2, 0.25) is 0 Å². The molecule has 0 aromatic heterocycles. The largest absolute Gasteiger partial charge is 0.372 e. The lowest BCUT2D eigenvalue weighted by Crippen LogP contribution is -2.17. The predicted octanol–water partition coefficient (Wildman–Crippen LogP) is 2.47. The minimum atomic E-state index is -3.07. The Balaban J connectivity index is 2.18. The molecule has 0 radical (unpaired) electrons. The summed E-state index contributed by atoms with van der Waals surface area (Å²) in [6.07, 6.45) is 3.13. The molecule has 1 fully saturated rings. The molecule has 1 aromatic rings. The topological polar surface area (TPSA) is 37.4 Å². The number of benzene rings is 1. The van der Waals surface area contributed by atoms with Crippen molar-refractivity contribution in [1.82, 2.24) is 0 Å². The highest BCUT2D eigenvalue weighted by atomic mass is 32.2. The van der Waals surface area contributed by atoms with Crippen LogP contribution in [-0.2, 0) is 9.84 Å². The Bertz CT molecular complexity index is 459. The summed E-state index contributed by atoms with van der Waals surface area (Å²) in [4.78, 5) is 2.75. The Labute approximate surface area is 103 Å². The van der Waals surface area contributed by atoms with Crippen molar-refractivity contribution in [2.75, 3.05) is 23.7 Å². The summed E-state index contributed by atoms with van der Waals surface area (Å²) in [5.74, 6) is 0.232. The van der Waals surface area contributed by atoms with Crippen molar-refractivity contribution in [3.63, 3.8) is 0 Å². The summed E-state index contributed by atoms with van der Waals surface area (Å²) in [5, 5.41) is 0. The van der Waals surface area contributed by atoms with Crippen LogP contribution in [0.4, 0.5) is 5.69 Å².